The molecule has 0 aliphatic carbocycles. The van der Waals surface area contributed by atoms with E-state index >= 15 is 0 Å². The van der Waals surface area contributed by atoms with Crippen molar-refractivity contribution < 1.29 is 14.3 Å². The summed E-state index contributed by atoms with van der Waals surface area (Å²) < 4.78 is 4.68. The minimum atomic E-state index is -0.319. The summed E-state index contributed by atoms with van der Waals surface area (Å²) >= 11 is 0. The van der Waals surface area contributed by atoms with Gasteiger partial charge in [-0.25, -0.2) is 4.79 Å². The summed E-state index contributed by atoms with van der Waals surface area (Å²) in [5.74, 6) is 0.419. The van der Waals surface area contributed by atoms with Crippen LogP contribution >= 0.6 is 0 Å². The number of ether oxygens (including phenoxy) is 1. The van der Waals surface area contributed by atoms with Crippen LogP contribution < -0.4 is 10.6 Å². The van der Waals surface area contributed by atoms with E-state index in [2.05, 4.69) is 15.4 Å². The average Bonchev–Trinajstić information content (AvgIpc) is 2.67. The van der Waals surface area contributed by atoms with E-state index in [1.54, 1.807) is 6.08 Å². The van der Waals surface area contributed by atoms with Crippen molar-refractivity contribution in [1.82, 2.24) is 15.5 Å². The topological polar surface area (TPSA) is 70.7 Å². The van der Waals surface area contributed by atoms with Crippen LogP contribution in [0.25, 0.3) is 0 Å². The zero-order chi connectivity index (χ0) is 13.7. The van der Waals surface area contributed by atoms with E-state index in [4.69, 9.17) is 0 Å². The maximum Gasteiger partial charge on any atom is 0.320 e. The molecule has 2 amide bonds. The van der Waals surface area contributed by atoms with Crippen LogP contribution in [-0.2, 0) is 9.53 Å². The molecule has 0 aromatic carbocycles. The second kappa shape index (κ2) is 6.28. The Kier molecular flexibility index (Phi) is 5.00. The zero-order valence-corrected chi connectivity index (χ0v) is 11.3. The first kappa shape index (κ1) is 14.3. The quantitative estimate of drug-likeness (QED) is 0.718. The number of amides is 2. The molecule has 0 aromatic heterocycles. The van der Waals surface area contributed by atoms with Crippen LogP contribution in [0.4, 0.5) is 4.79 Å². The third-order valence-electron chi connectivity index (χ3n) is 2.66. The van der Waals surface area contributed by atoms with Gasteiger partial charge in [-0.1, -0.05) is 13.8 Å². The van der Waals surface area contributed by atoms with Crippen LogP contribution in [0.3, 0.4) is 0 Å². The molecule has 6 nitrogen and oxygen atoms in total. The molecule has 6 heteroatoms. The summed E-state index contributed by atoms with van der Waals surface area (Å²) in [7, 11) is 3.18. The Morgan fingerprint density at radius 1 is 1.56 bits per heavy atom. The first-order chi connectivity index (χ1) is 8.43. The SMILES string of the molecule is COC(=O)C1C=C(NC(=O)NCC(C)C)N(C)C1. The van der Waals surface area contributed by atoms with Crippen molar-refractivity contribution in [2.75, 3.05) is 27.2 Å². The molecule has 1 unspecified atom stereocenters. The monoisotopic (exact) mass is 255 g/mol. The molecule has 2 N–H and O–H groups in total. The van der Waals surface area contributed by atoms with Gasteiger partial charge in [0.1, 0.15) is 5.82 Å². The van der Waals surface area contributed by atoms with Crippen LogP contribution in [0.1, 0.15) is 13.8 Å². The number of nitrogens with zero attached hydrogens (tertiary/aromatic N) is 1. The van der Waals surface area contributed by atoms with Crippen molar-refractivity contribution in [3.8, 4) is 0 Å². The predicted molar refractivity (Wildman–Crippen MR) is 67.6 cm³/mol. The fourth-order valence-corrected chi connectivity index (χ4v) is 1.65. The minimum Gasteiger partial charge on any atom is -0.469 e. The summed E-state index contributed by atoms with van der Waals surface area (Å²) in [5, 5.41) is 5.48. The second-order valence-electron chi connectivity index (χ2n) is 4.79. The van der Waals surface area contributed by atoms with Crippen molar-refractivity contribution in [3.63, 3.8) is 0 Å². The lowest BCUT2D eigenvalue weighted by molar-refractivity contribution is -0.143. The number of hydrogen-bond acceptors (Lipinski definition) is 4. The average molecular weight is 255 g/mol. The van der Waals surface area contributed by atoms with Gasteiger partial charge in [0.2, 0.25) is 0 Å². The van der Waals surface area contributed by atoms with E-state index in [-0.39, 0.29) is 17.9 Å². The Morgan fingerprint density at radius 3 is 2.78 bits per heavy atom. The molecule has 18 heavy (non-hydrogen) atoms. The first-order valence-corrected chi connectivity index (χ1v) is 5.99. The highest BCUT2D eigenvalue weighted by atomic mass is 16.5. The van der Waals surface area contributed by atoms with Crippen molar-refractivity contribution in [1.29, 1.82) is 0 Å². The molecule has 102 valence electrons. The van der Waals surface area contributed by atoms with Gasteiger partial charge in [0.25, 0.3) is 0 Å². The molecule has 0 radical (unpaired) electrons. The lowest BCUT2D eigenvalue weighted by atomic mass is 10.2. The molecule has 0 spiro atoms. The summed E-state index contributed by atoms with van der Waals surface area (Å²) in [6.07, 6.45) is 1.71. The highest BCUT2D eigenvalue weighted by Gasteiger charge is 2.27. The number of hydrogen-bond donors (Lipinski definition) is 2. The molecule has 0 bridgehead atoms. The van der Waals surface area contributed by atoms with Crippen LogP contribution in [0.5, 0.6) is 0 Å². The molecule has 0 fully saturated rings. The molecule has 1 aliphatic heterocycles. The van der Waals surface area contributed by atoms with E-state index < -0.39 is 0 Å². The maximum absolute atomic E-state index is 11.6. The van der Waals surface area contributed by atoms with Crippen molar-refractivity contribution >= 4 is 12.0 Å². The Hall–Kier alpha value is -1.72. The summed E-state index contributed by atoms with van der Waals surface area (Å²) in [6.45, 7) is 5.18. The number of esters is 1. The van der Waals surface area contributed by atoms with Gasteiger partial charge in [0, 0.05) is 20.1 Å². The minimum absolute atomic E-state index is 0.257. The molecular formula is C12H21N3O3. The van der Waals surface area contributed by atoms with Gasteiger partial charge < -0.3 is 15.0 Å². The number of urea groups is 1. The van der Waals surface area contributed by atoms with Crippen molar-refractivity contribution in [3.05, 3.63) is 11.9 Å². The molecule has 0 aromatic rings. The van der Waals surface area contributed by atoms with Gasteiger partial charge >= 0.3 is 12.0 Å². The number of carbonyl (C=O) groups excluding carboxylic acids is 2. The molecule has 1 rings (SSSR count). The summed E-state index contributed by atoms with van der Waals surface area (Å²) in [5.41, 5.74) is 0. The van der Waals surface area contributed by atoms with Crippen LogP contribution in [0.2, 0.25) is 0 Å². The molecule has 1 atom stereocenters. The second-order valence-corrected chi connectivity index (χ2v) is 4.79. The van der Waals surface area contributed by atoms with Gasteiger partial charge in [0.05, 0.1) is 13.0 Å². The first-order valence-electron chi connectivity index (χ1n) is 5.99. The third kappa shape index (κ3) is 3.94. The number of methoxy groups -OCH3 is 1. The number of rotatable bonds is 4. The molecule has 1 aliphatic rings. The van der Waals surface area contributed by atoms with E-state index in [9.17, 15) is 9.59 Å². The molecular weight excluding hydrogens is 234 g/mol. The number of nitrogens with one attached hydrogen (secondary N) is 2. The van der Waals surface area contributed by atoms with Gasteiger partial charge in [-0.05, 0) is 12.0 Å². The van der Waals surface area contributed by atoms with Crippen LogP contribution in [0, 0.1) is 11.8 Å². The van der Waals surface area contributed by atoms with Crippen LogP contribution in [0.15, 0.2) is 11.9 Å². The maximum atomic E-state index is 11.6. The zero-order valence-electron chi connectivity index (χ0n) is 11.3. The highest BCUT2D eigenvalue weighted by molar-refractivity contribution is 5.78. The fourth-order valence-electron chi connectivity index (χ4n) is 1.65. The van der Waals surface area contributed by atoms with Gasteiger partial charge in [-0.3, -0.25) is 10.1 Å². The van der Waals surface area contributed by atoms with E-state index in [0.717, 1.165) is 0 Å². The summed E-state index contributed by atoms with van der Waals surface area (Å²) in [6, 6.07) is -0.257. The Balaban J connectivity index is 2.50. The third-order valence-corrected chi connectivity index (χ3v) is 2.66. The normalized spacial score (nSPS) is 18.6. The van der Waals surface area contributed by atoms with Gasteiger partial charge in [-0.2, -0.15) is 0 Å². The van der Waals surface area contributed by atoms with E-state index in [1.807, 2.05) is 25.8 Å². The Bertz CT molecular complexity index is 352. The van der Waals surface area contributed by atoms with Gasteiger partial charge in [0.15, 0.2) is 0 Å². The lowest BCUT2D eigenvalue weighted by Gasteiger charge is -2.18. The largest absolute Gasteiger partial charge is 0.469 e. The summed E-state index contributed by atoms with van der Waals surface area (Å²) in [4.78, 5) is 24.8. The highest BCUT2D eigenvalue weighted by Crippen LogP contribution is 2.17. The number of carbonyl (C=O) groups is 2. The Labute approximate surface area is 107 Å². The standard InChI is InChI=1S/C12H21N3O3/c1-8(2)6-13-12(17)14-10-5-9(7-15(10)3)11(16)18-4/h5,8-9H,6-7H2,1-4H3,(H2,13,14,17). The smallest absolute Gasteiger partial charge is 0.320 e. The predicted octanol–water partition coefficient (Wildman–Crippen LogP) is 0.518. The van der Waals surface area contributed by atoms with E-state index in [1.165, 1.54) is 7.11 Å². The van der Waals surface area contributed by atoms with Gasteiger partial charge in [-0.15, -0.1) is 0 Å². The van der Waals surface area contributed by atoms with Crippen molar-refractivity contribution in [2.45, 2.75) is 13.8 Å². The Morgan fingerprint density at radius 2 is 2.22 bits per heavy atom. The van der Waals surface area contributed by atoms with E-state index in [0.29, 0.717) is 24.8 Å². The van der Waals surface area contributed by atoms with Crippen molar-refractivity contribution in [2.24, 2.45) is 11.8 Å². The molecule has 0 saturated carbocycles. The molecule has 0 saturated heterocycles. The van der Waals surface area contributed by atoms with Crippen LogP contribution in [-0.4, -0.2) is 44.1 Å². The lowest BCUT2D eigenvalue weighted by Crippen LogP contribution is -2.39. The fraction of sp³-hybridized carbons (Fsp3) is 0.667. The molecule has 1 heterocycles.